The molecular weight excluding hydrogens is 442 g/mol. The first-order valence-electron chi connectivity index (χ1n) is 9.80. The van der Waals surface area contributed by atoms with Crippen LogP contribution in [-0.2, 0) is 5.41 Å². The Morgan fingerprint density at radius 2 is 1.45 bits per heavy atom. The summed E-state index contributed by atoms with van der Waals surface area (Å²) in [6.45, 7) is 3.99. The summed E-state index contributed by atoms with van der Waals surface area (Å²) in [6, 6.07) is 23.3. The summed E-state index contributed by atoms with van der Waals surface area (Å²) in [5.41, 5.74) is 3.14. The quantitative estimate of drug-likeness (QED) is 0.310. The molecule has 2 N–H and O–H groups in total. The third kappa shape index (κ3) is 3.76. The largest absolute Gasteiger partial charge is 0.501 e. The van der Waals surface area contributed by atoms with E-state index in [0.717, 1.165) is 32.5 Å². The van der Waals surface area contributed by atoms with Gasteiger partial charge in [0.05, 0.1) is 16.1 Å². The number of thiazole rings is 1. The lowest BCUT2D eigenvalue weighted by molar-refractivity contribution is 0.441. The molecule has 2 unspecified atom stereocenters. The molecule has 0 aliphatic heterocycles. The van der Waals surface area contributed by atoms with Crippen molar-refractivity contribution in [3.05, 3.63) is 100 Å². The second-order valence-corrected chi connectivity index (χ2v) is 9.48. The summed E-state index contributed by atoms with van der Waals surface area (Å²) >= 11 is 12.3. The first-order valence-corrected chi connectivity index (χ1v) is 11.4. The molecule has 0 saturated carbocycles. The Labute approximate surface area is 196 Å². The highest BCUT2D eigenvalue weighted by Gasteiger charge is 2.51. The minimum atomic E-state index is -1.31. The molecule has 1 heterocycles. The SMILES string of the molecule is Cc1ccc(C(C(O)=S)C(C(O)=S)(c2ccc(C)cc2)c2nc3ccccc3s2)cc1. The Balaban J connectivity index is 2.09. The molecule has 0 saturated heterocycles. The molecule has 0 fully saturated rings. The molecule has 4 rings (SSSR count). The van der Waals surface area contributed by atoms with Crippen LogP contribution < -0.4 is 0 Å². The first-order chi connectivity index (χ1) is 14.8. The van der Waals surface area contributed by atoms with Crippen molar-refractivity contribution in [2.24, 2.45) is 0 Å². The molecule has 0 bridgehead atoms. The second kappa shape index (κ2) is 8.46. The third-order valence-electron chi connectivity index (χ3n) is 5.57. The van der Waals surface area contributed by atoms with Gasteiger partial charge in [-0.05, 0) is 61.5 Å². The lowest BCUT2D eigenvalue weighted by Gasteiger charge is -2.37. The number of thiocarbonyl (C=S) groups is 2. The topological polar surface area (TPSA) is 53.4 Å². The molecule has 2 atom stereocenters. The minimum absolute atomic E-state index is 0.250. The molecule has 31 heavy (non-hydrogen) atoms. The lowest BCUT2D eigenvalue weighted by Crippen LogP contribution is -2.45. The normalized spacial score (nSPS) is 14.1. The Morgan fingerprint density at radius 1 is 0.871 bits per heavy atom. The fourth-order valence-electron chi connectivity index (χ4n) is 3.95. The number of hydrogen-bond donors (Lipinski definition) is 2. The summed E-state index contributed by atoms with van der Waals surface area (Å²) in [4.78, 5) is 4.85. The Hall–Kier alpha value is -2.67. The summed E-state index contributed by atoms with van der Waals surface area (Å²) in [5.74, 6) is -0.788. The van der Waals surface area contributed by atoms with Crippen LogP contribution in [0.3, 0.4) is 0 Å². The summed E-state index contributed by atoms with van der Waals surface area (Å²) in [5, 5.41) is 22.0. The van der Waals surface area contributed by atoms with E-state index < -0.39 is 11.3 Å². The first kappa shape index (κ1) is 21.6. The number of aliphatic hydroxyl groups excluding tert-OH is 2. The zero-order valence-electron chi connectivity index (χ0n) is 17.1. The maximum atomic E-state index is 11.1. The number of nitrogens with zero attached hydrogens (tertiary/aromatic N) is 1. The highest BCUT2D eigenvalue weighted by atomic mass is 32.1. The van der Waals surface area contributed by atoms with Gasteiger partial charge >= 0.3 is 0 Å². The van der Waals surface area contributed by atoms with Gasteiger partial charge < -0.3 is 10.2 Å². The fourth-order valence-corrected chi connectivity index (χ4v) is 5.87. The van der Waals surface area contributed by atoms with Gasteiger partial charge in [0.2, 0.25) is 0 Å². The van der Waals surface area contributed by atoms with E-state index in [1.54, 1.807) is 0 Å². The fraction of sp³-hybridized carbons (Fsp3) is 0.160. The van der Waals surface area contributed by atoms with Gasteiger partial charge in [-0.1, -0.05) is 71.8 Å². The molecule has 156 valence electrons. The molecule has 4 aromatic rings. The van der Waals surface area contributed by atoms with Crippen molar-refractivity contribution in [3.63, 3.8) is 0 Å². The van der Waals surface area contributed by atoms with Gasteiger partial charge in [0.1, 0.15) is 10.4 Å². The number of aromatic nitrogens is 1. The van der Waals surface area contributed by atoms with Crippen LogP contribution in [-0.4, -0.2) is 25.3 Å². The zero-order valence-corrected chi connectivity index (χ0v) is 19.5. The molecule has 0 radical (unpaired) electrons. The van der Waals surface area contributed by atoms with Crippen LogP contribution in [0.1, 0.15) is 33.2 Å². The van der Waals surface area contributed by atoms with Crippen LogP contribution in [0.15, 0.2) is 72.8 Å². The molecule has 3 nitrogen and oxygen atoms in total. The van der Waals surface area contributed by atoms with E-state index in [1.165, 1.54) is 11.3 Å². The predicted molar refractivity (Wildman–Crippen MR) is 136 cm³/mol. The lowest BCUT2D eigenvalue weighted by atomic mass is 9.68. The molecule has 1 aromatic heterocycles. The van der Waals surface area contributed by atoms with Crippen molar-refractivity contribution in [2.45, 2.75) is 25.2 Å². The summed E-state index contributed by atoms with van der Waals surface area (Å²) in [7, 11) is 0. The van der Waals surface area contributed by atoms with Crippen LogP contribution in [0.25, 0.3) is 10.2 Å². The number of para-hydroxylation sites is 1. The zero-order chi connectivity index (χ0) is 22.2. The van der Waals surface area contributed by atoms with Crippen molar-refractivity contribution in [2.75, 3.05) is 0 Å². The minimum Gasteiger partial charge on any atom is -0.501 e. The van der Waals surface area contributed by atoms with Gasteiger partial charge in [-0.25, -0.2) is 4.98 Å². The van der Waals surface area contributed by atoms with Gasteiger partial charge in [0.15, 0.2) is 10.1 Å². The van der Waals surface area contributed by atoms with E-state index in [-0.39, 0.29) is 10.1 Å². The molecule has 3 aromatic carbocycles. The summed E-state index contributed by atoms with van der Waals surface area (Å²) in [6.07, 6.45) is 0. The van der Waals surface area contributed by atoms with Gasteiger partial charge in [-0.3, -0.25) is 0 Å². The number of aryl methyl sites for hydroxylation is 2. The number of aliphatic hydroxyl groups is 2. The monoisotopic (exact) mass is 463 g/mol. The van der Waals surface area contributed by atoms with E-state index in [2.05, 4.69) is 0 Å². The standard InChI is InChI=1S/C25H21NO2S3/c1-15-7-11-17(12-8-15)21(22(27)29)25(24(28)30,18-13-9-16(2)10-14-18)23-26-19-5-3-4-6-20(19)31-23/h3-14,21H,1-2H3,(H,27,29)(H,28,30). The molecule has 0 aliphatic carbocycles. The molecule has 0 aliphatic rings. The van der Waals surface area contributed by atoms with E-state index in [1.807, 2.05) is 86.6 Å². The van der Waals surface area contributed by atoms with Crippen molar-refractivity contribution < 1.29 is 10.2 Å². The Morgan fingerprint density at radius 3 is 2.00 bits per heavy atom. The van der Waals surface area contributed by atoms with Crippen molar-refractivity contribution in [1.82, 2.24) is 4.98 Å². The smallest absolute Gasteiger partial charge is 0.175 e. The van der Waals surface area contributed by atoms with E-state index in [4.69, 9.17) is 29.4 Å². The van der Waals surface area contributed by atoms with Crippen LogP contribution in [0, 0.1) is 13.8 Å². The van der Waals surface area contributed by atoms with Gasteiger partial charge in [0, 0.05) is 0 Å². The maximum absolute atomic E-state index is 11.1. The number of rotatable bonds is 6. The number of hydrogen-bond acceptors (Lipinski definition) is 4. The van der Waals surface area contributed by atoms with Crippen LogP contribution in [0.2, 0.25) is 0 Å². The highest BCUT2D eigenvalue weighted by Crippen LogP contribution is 2.48. The van der Waals surface area contributed by atoms with Crippen LogP contribution >= 0.6 is 35.8 Å². The Kier molecular flexibility index (Phi) is 5.88. The van der Waals surface area contributed by atoms with E-state index >= 15 is 0 Å². The third-order valence-corrected chi connectivity index (χ3v) is 7.30. The second-order valence-electron chi connectivity index (χ2n) is 7.65. The predicted octanol–water partition coefficient (Wildman–Crippen LogP) is 6.75. The van der Waals surface area contributed by atoms with Crippen molar-refractivity contribution in [3.8, 4) is 0 Å². The number of fused-ring (bicyclic) bond motifs is 1. The van der Waals surface area contributed by atoms with Crippen LogP contribution in [0.5, 0.6) is 0 Å². The van der Waals surface area contributed by atoms with Crippen LogP contribution in [0.4, 0.5) is 0 Å². The van der Waals surface area contributed by atoms with Crippen molar-refractivity contribution >= 4 is 56.1 Å². The molecule has 0 spiro atoms. The molecule has 0 amide bonds. The maximum Gasteiger partial charge on any atom is 0.175 e. The highest BCUT2D eigenvalue weighted by molar-refractivity contribution is 7.80. The average Bonchev–Trinajstić information content (AvgIpc) is 3.17. The number of benzene rings is 3. The molecular formula is C25H21NO2S3. The molecule has 6 heteroatoms. The Bertz CT molecular complexity index is 1230. The van der Waals surface area contributed by atoms with Gasteiger partial charge in [-0.15, -0.1) is 11.3 Å². The summed E-state index contributed by atoms with van der Waals surface area (Å²) < 4.78 is 0.969. The van der Waals surface area contributed by atoms with Gasteiger partial charge in [0.25, 0.3) is 0 Å². The van der Waals surface area contributed by atoms with E-state index in [0.29, 0.717) is 5.01 Å². The average molecular weight is 464 g/mol. The van der Waals surface area contributed by atoms with E-state index in [9.17, 15) is 10.2 Å². The van der Waals surface area contributed by atoms with Gasteiger partial charge in [-0.2, -0.15) is 0 Å². The van der Waals surface area contributed by atoms with Crippen molar-refractivity contribution in [1.29, 1.82) is 0 Å².